The van der Waals surface area contributed by atoms with Gasteiger partial charge in [0.1, 0.15) is 0 Å². The summed E-state index contributed by atoms with van der Waals surface area (Å²) in [6, 6.07) is 0. The standard InChI is InChI=1S/C27H46O.2Na/c1-18(2)7-6-8-19(3)23-11-12-24-22-10-9-20-17-21(28)13-15-26(20,4)25(22)14-16-27(23,24)5;;/h9,18-19,21-25,28H,6-8,10-17H2,1-5H3;;/t19-,21+,22+,23-,24+,25+,26+,27-;;/m1../s1. The Morgan fingerprint density at radius 3 is 2.40 bits per heavy atom. The van der Waals surface area contributed by atoms with E-state index in [1.54, 1.807) is 5.57 Å². The fourth-order valence-corrected chi connectivity index (χ4v) is 8.67. The molecule has 8 atom stereocenters. The molecule has 3 fully saturated rings. The van der Waals surface area contributed by atoms with Gasteiger partial charge in [0.25, 0.3) is 0 Å². The second-order valence-corrected chi connectivity index (χ2v) is 12.2. The van der Waals surface area contributed by atoms with Crippen LogP contribution in [0.4, 0.5) is 0 Å². The van der Waals surface area contributed by atoms with Crippen molar-refractivity contribution in [3.63, 3.8) is 0 Å². The number of rotatable bonds is 5. The predicted molar refractivity (Wildman–Crippen MR) is 131 cm³/mol. The van der Waals surface area contributed by atoms with Gasteiger partial charge in [-0.2, -0.15) is 0 Å². The molecule has 3 saturated carbocycles. The molecule has 0 amide bonds. The molecule has 4 aliphatic carbocycles. The monoisotopic (exact) mass is 432 g/mol. The predicted octanol–water partition coefficient (Wildman–Crippen LogP) is 6.63. The minimum absolute atomic E-state index is 0. The maximum atomic E-state index is 10.2. The van der Waals surface area contributed by atoms with Gasteiger partial charge < -0.3 is 5.11 Å². The van der Waals surface area contributed by atoms with Crippen molar-refractivity contribution >= 4 is 59.1 Å². The van der Waals surface area contributed by atoms with E-state index in [4.69, 9.17) is 0 Å². The van der Waals surface area contributed by atoms with Crippen molar-refractivity contribution in [3.05, 3.63) is 11.6 Å². The number of hydrogen-bond donors (Lipinski definition) is 1. The van der Waals surface area contributed by atoms with Crippen molar-refractivity contribution in [3.8, 4) is 0 Å². The first-order chi connectivity index (χ1) is 13.3. The van der Waals surface area contributed by atoms with Gasteiger partial charge in [0.15, 0.2) is 0 Å². The molecular formula is C27H46Na2O. The first kappa shape index (κ1) is 27.9. The molecule has 0 bridgehead atoms. The Balaban J connectivity index is 0.00000160. The van der Waals surface area contributed by atoms with Crippen LogP contribution in [-0.4, -0.2) is 70.3 Å². The fraction of sp³-hybridized carbons (Fsp3) is 0.926. The maximum Gasteiger partial charge on any atom is 0.0577 e. The molecule has 0 aromatic rings. The molecule has 0 heterocycles. The Bertz CT molecular complexity index is 602. The van der Waals surface area contributed by atoms with E-state index in [-0.39, 0.29) is 65.2 Å². The van der Waals surface area contributed by atoms with Crippen molar-refractivity contribution in [2.45, 2.75) is 111 Å². The van der Waals surface area contributed by atoms with E-state index in [9.17, 15) is 5.11 Å². The quantitative estimate of drug-likeness (QED) is 0.382. The Hall–Kier alpha value is 1.70. The second-order valence-electron chi connectivity index (χ2n) is 12.2. The summed E-state index contributed by atoms with van der Waals surface area (Å²) in [5, 5.41) is 10.2. The summed E-state index contributed by atoms with van der Waals surface area (Å²) in [5.74, 6) is 5.46. The largest absolute Gasteiger partial charge is 0.393 e. The molecule has 30 heavy (non-hydrogen) atoms. The summed E-state index contributed by atoms with van der Waals surface area (Å²) in [6.07, 6.45) is 17.2. The first-order valence-corrected chi connectivity index (χ1v) is 12.6. The molecule has 1 nitrogen and oxygen atoms in total. The van der Waals surface area contributed by atoms with Crippen molar-refractivity contribution in [1.29, 1.82) is 0 Å². The molecule has 162 valence electrons. The third kappa shape index (κ3) is 5.04. The third-order valence-electron chi connectivity index (χ3n) is 10.3. The Morgan fingerprint density at radius 2 is 1.70 bits per heavy atom. The molecule has 0 aliphatic heterocycles. The SMILES string of the molecule is CC(C)CCC[C@@H](C)[C@H]1CC[C@H]2[C@@H]3CC=C4C[C@@H](O)CC[C@]4(C)[C@H]3CC[C@]12C.[Na].[Na]. The van der Waals surface area contributed by atoms with Crippen LogP contribution in [0.25, 0.3) is 0 Å². The second kappa shape index (κ2) is 11.0. The van der Waals surface area contributed by atoms with Crippen LogP contribution in [0.3, 0.4) is 0 Å². The van der Waals surface area contributed by atoms with Crippen LogP contribution in [0.5, 0.6) is 0 Å². The summed E-state index contributed by atoms with van der Waals surface area (Å²) < 4.78 is 0. The van der Waals surface area contributed by atoms with Gasteiger partial charge >= 0.3 is 0 Å². The molecule has 0 saturated heterocycles. The van der Waals surface area contributed by atoms with E-state index in [0.29, 0.717) is 10.8 Å². The van der Waals surface area contributed by atoms with Gasteiger partial charge in [-0.1, -0.05) is 65.5 Å². The summed E-state index contributed by atoms with van der Waals surface area (Å²) in [6.45, 7) is 12.6. The molecule has 4 aliphatic rings. The molecule has 1 N–H and O–H groups in total. The van der Waals surface area contributed by atoms with E-state index in [0.717, 1.165) is 48.3 Å². The third-order valence-corrected chi connectivity index (χ3v) is 10.3. The Morgan fingerprint density at radius 1 is 0.967 bits per heavy atom. The van der Waals surface area contributed by atoms with E-state index in [2.05, 4.69) is 40.7 Å². The zero-order valence-electron chi connectivity index (χ0n) is 21.3. The van der Waals surface area contributed by atoms with Crippen molar-refractivity contribution < 1.29 is 5.11 Å². The van der Waals surface area contributed by atoms with Crippen LogP contribution in [0.2, 0.25) is 0 Å². The van der Waals surface area contributed by atoms with Crippen molar-refractivity contribution in [1.82, 2.24) is 0 Å². The number of fused-ring (bicyclic) bond motifs is 5. The van der Waals surface area contributed by atoms with Crippen LogP contribution in [0, 0.1) is 46.3 Å². The van der Waals surface area contributed by atoms with Crippen LogP contribution >= 0.6 is 0 Å². The summed E-state index contributed by atoms with van der Waals surface area (Å²) in [5.41, 5.74) is 2.60. The molecule has 0 aromatic carbocycles. The van der Waals surface area contributed by atoms with Crippen LogP contribution in [0.1, 0.15) is 105 Å². The van der Waals surface area contributed by atoms with Gasteiger partial charge in [0, 0.05) is 59.1 Å². The van der Waals surface area contributed by atoms with Gasteiger partial charge in [-0.15, -0.1) is 0 Å². The summed E-state index contributed by atoms with van der Waals surface area (Å²) in [4.78, 5) is 0. The van der Waals surface area contributed by atoms with Crippen LogP contribution in [0.15, 0.2) is 11.6 Å². The van der Waals surface area contributed by atoms with Gasteiger partial charge in [-0.3, -0.25) is 0 Å². The van der Waals surface area contributed by atoms with Gasteiger partial charge in [0.2, 0.25) is 0 Å². The van der Waals surface area contributed by atoms with Crippen molar-refractivity contribution in [2.75, 3.05) is 0 Å². The van der Waals surface area contributed by atoms with E-state index in [1.807, 2.05) is 0 Å². The van der Waals surface area contributed by atoms with E-state index < -0.39 is 0 Å². The summed E-state index contributed by atoms with van der Waals surface area (Å²) >= 11 is 0. The number of hydrogen-bond acceptors (Lipinski definition) is 1. The smallest absolute Gasteiger partial charge is 0.0577 e. The zero-order chi connectivity index (χ0) is 20.1. The number of allylic oxidation sites excluding steroid dienone is 1. The maximum absolute atomic E-state index is 10.2. The van der Waals surface area contributed by atoms with Gasteiger partial charge in [-0.25, -0.2) is 0 Å². The molecule has 4 rings (SSSR count). The van der Waals surface area contributed by atoms with Crippen molar-refractivity contribution in [2.24, 2.45) is 46.3 Å². The average molecular weight is 433 g/mol. The van der Waals surface area contributed by atoms with Gasteiger partial charge in [-0.05, 0) is 97.7 Å². The minimum atomic E-state index is -0.0766. The fourth-order valence-electron chi connectivity index (χ4n) is 8.67. The zero-order valence-corrected chi connectivity index (χ0v) is 25.3. The molecule has 0 spiro atoms. The van der Waals surface area contributed by atoms with Crippen LogP contribution in [-0.2, 0) is 0 Å². The van der Waals surface area contributed by atoms with E-state index in [1.165, 1.54) is 57.8 Å². The Kier molecular flexibility index (Phi) is 10.2. The molecule has 2 radical (unpaired) electrons. The number of aliphatic hydroxyl groups excluding tert-OH is 1. The normalized spacial score (nSPS) is 43.4. The number of aliphatic hydroxyl groups is 1. The Labute approximate surface area is 231 Å². The average Bonchev–Trinajstić information content (AvgIpc) is 2.99. The van der Waals surface area contributed by atoms with Gasteiger partial charge in [0.05, 0.1) is 6.10 Å². The molecule has 0 unspecified atom stereocenters. The molecule has 0 aromatic heterocycles. The minimum Gasteiger partial charge on any atom is -0.393 e. The first-order valence-electron chi connectivity index (χ1n) is 12.6. The van der Waals surface area contributed by atoms with E-state index >= 15 is 0 Å². The topological polar surface area (TPSA) is 20.2 Å². The molecule has 3 heteroatoms. The van der Waals surface area contributed by atoms with Crippen LogP contribution < -0.4 is 0 Å². The molecular weight excluding hydrogens is 386 g/mol. The summed E-state index contributed by atoms with van der Waals surface area (Å²) in [7, 11) is 0.